The molecule has 0 bridgehead atoms. The fraction of sp³-hybridized carbons (Fsp3) is 0.424. The van der Waals surface area contributed by atoms with Crippen molar-refractivity contribution in [2.45, 2.75) is 39.2 Å². The number of hydrogen-bond donors (Lipinski definition) is 1. The third-order valence-electron chi connectivity index (χ3n) is 7.53. The van der Waals surface area contributed by atoms with Crippen molar-refractivity contribution in [3.8, 4) is 0 Å². The minimum Gasteiger partial charge on any atom is -0.341 e. The van der Waals surface area contributed by atoms with Crippen LogP contribution in [0.25, 0.3) is 0 Å². The van der Waals surface area contributed by atoms with Crippen LogP contribution in [0.1, 0.15) is 48.5 Å². The predicted molar refractivity (Wildman–Crippen MR) is 167 cm³/mol. The molecular formula is C33H42N4O3S. The molecule has 0 saturated carbocycles. The normalized spacial score (nSPS) is 17.0. The average molecular weight is 575 g/mol. The van der Waals surface area contributed by atoms with E-state index in [0.717, 1.165) is 54.4 Å². The molecule has 1 aliphatic carbocycles. The average Bonchev–Trinajstić information content (AvgIpc) is 3.46. The molecule has 2 heterocycles. The van der Waals surface area contributed by atoms with Gasteiger partial charge in [0.1, 0.15) is 0 Å². The number of rotatable bonds is 12. The molecule has 1 fully saturated rings. The summed E-state index contributed by atoms with van der Waals surface area (Å²) in [5, 5.41) is 3.48. The van der Waals surface area contributed by atoms with Crippen molar-refractivity contribution in [1.29, 1.82) is 0 Å². The van der Waals surface area contributed by atoms with E-state index in [4.69, 9.17) is 0 Å². The second-order valence-corrected chi connectivity index (χ2v) is 11.8. The fourth-order valence-electron chi connectivity index (χ4n) is 5.16. The van der Waals surface area contributed by atoms with Crippen LogP contribution >= 0.6 is 11.8 Å². The van der Waals surface area contributed by atoms with Crippen LogP contribution < -0.4 is 5.32 Å². The molecule has 41 heavy (non-hydrogen) atoms. The minimum absolute atomic E-state index is 0.0190. The molecule has 1 N–H and O–H groups in total. The molecule has 1 aromatic carbocycles. The van der Waals surface area contributed by atoms with Gasteiger partial charge in [-0.1, -0.05) is 48.1 Å². The van der Waals surface area contributed by atoms with Crippen molar-refractivity contribution in [2.24, 2.45) is 0 Å². The highest BCUT2D eigenvalue weighted by molar-refractivity contribution is 7.99. The summed E-state index contributed by atoms with van der Waals surface area (Å²) in [5.74, 6) is 2.22. The first-order chi connectivity index (χ1) is 19.9. The van der Waals surface area contributed by atoms with Gasteiger partial charge in [-0.15, -0.1) is 6.58 Å². The standard InChI is InChI=1S/C33H42N4O3S/c1-3-4-15-34-24-29-22-27(10-14-32(39)35-18-20-41-21-19-35)9-13-31(23-29)37(26(2)38)25-28-7-11-30(12-8-28)33(40)36-16-5-6-17-36/h3,5-9,11-13,22,34H,1,4,10,14-21,23-25H2,2H3. The van der Waals surface area contributed by atoms with Gasteiger partial charge in [0.15, 0.2) is 0 Å². The minimum atomic E-state index is -0.0338. The van der Waals surface area contributed by atoms with Gasteiger partial charge in [0.2, 0.25) is 11.8 Å². The lowest BCUT2D eigenvalue weighted by Crippen LogP contribution is -2.37. The first kappa shape index (κ1) is 30.6. The highest BCUT2D eigenvalue weighted by atomic mass is 32.2. The smallest absolute Gasteiger partial charge is 0.254 e. The third kappa shape index (κ3) is 9.07. The molecule has 8 heteroatoms. The SMILES string of the molecule is C=CCCNCC1=CC(CCC(=O)N2CCSCC2)=CC=C(N(Cc2ccc(C(=O)N3CC=CC3)cc2)C(C)=O)C1. The Morgan fingerprint density at radius 3 is 2.46 bits per heavy atom. The monoisotopic (exact) mass is 574 g/mol. The number of benzene rings is 1. The Labute approximate surface area is 248 Å². The lowest BCUT2D eigenvalue weighted by atomic mass is 10.0. The van der Waals surface area contributed by atoms with Crippen LogP contribution in [0, 0.1) is 0 Å². The van der Waals surface area contributed by atoms with Crippen LogP contribution in [0.15, 0.2) is 84.1 Å². The zero-order valence-corrected chi connectivity index (χ0v) is 25.0. The van der Waals surface area contributed by atoms with Gasteiger partial charge in [0.25, 0.3) is 5.91 Å². The molecule has 0 radical (unpaired) electrons. The second kappa shape index (κ2) is 15.6. The van der Waals surface area contributed by atoms with Gasteiger partial charge in [0.05, 0.1) is 6.54 Å². The predicted octanol–water partition coefficient (Wildman–Crippen LogP) is 4.71. The summed E-state index contributed by atoms with van der Waals surface area (Å²) < 4.78 is 0. The van der Waals surface area contributed by atoms with E-state index in [1.165, 1.54) is 5.57 Å². The Bertz CT molecular complexity index is 1220. The lowest BCUT2D eigenvalue weighted by molar-refractivity contribution is -0.130. The first-order valence-corrected chi connectivity index (χ1v) is 15.7. The molecule has 218 valence electrons. The van der Waals surface area contributed by atoms with E-state index in [9.17, 15) is 14.4 Å². The summed E-state index contributed by atoms with van der Waals surface area (Å²) in [6, 6.07) is 7.56. The number of carbonyl (C=O) groups excluding carboxylic acids is 3. The number of thioether (sulfide) groups is 1. The van der Waals surface area contributed by atoms with Crippen LogP contribution in [-0.2, 0) is 16.1 Å². The van der Waals surface area contributed by atoms with Gasteiger partial charge in [-0.2, -0.15) is 11.8 Å². The summed E-state index contributed by atoms with van der Waals surface area (Å²) >= 11 is 1.90. The summed E-state index contributed by atoms with van der Waals surface area (Å²) in [5.41, 5.74) is 4.82. The molecule has 3 amide bonds. The quantitative estimate of drug-likeness (QED) is 0.289. The Morgan fingerprint density at radius 2 is 1.78 bits per heavy atom. The summed E-state index contributed by atoms with van der Waals surface area (Å²) in [6.45, 7) is 10.3. The molecule has 0 spiro atoms. The number of carbonyl (C=O) groups is 3. The van der Waals surface area contributed by atoms with Crippen LogP contribution in [0.3, 0.4) is 0 Å². The Hall–Kier alpha value is -3.36. The number of nitrogens with zero attached hydrogens (tertiary/aromatic N) is 3. The molecular weight excluding hydrogens is 532 g/mol. The van der Waals surface area contributed by atoms with Gasteiger partial charge in [-0.05, 0) is 48.7 Å². The molecule has 4 rings (SSSR count). The summed E-state index contributed by atoms with van der Waals surface area (Å²) in [6.07, 6.45) is 14.9. The fourth-order valence-corrected chi connectivity index (χ4v) is 6.07. The van der Waals surface area contributed by atoms with Gasteiger partial charge < -0.3 is 20.0 Å². The van der Waals surface area contributed by atoms with Crippen molar-refractivity contribution in [3.63, 3.8) is 0 Å². The maximum absolute atomic E-state index is 12.9. The maximum Gasteiger partial charge on any atom is 0.254 e. The molecule has 0 atom stereocenters. The topological polar surface area (TPSA) is 73.0 Å². The van der Waals surface area contributed by atoms with E-state index < -0.39 is 0 Å². The van der Waals surface area contributed by atoms with Gasteiger partial charge in [-0.25, -0.2) is 0 Å². The molecule has 3 aliphatic rings. The Balaban J connectivity index is 1.47. The van der Waals surface area contributed by atoms with E-state index in [2.05, 4.69) is 24.0 Å². The van der Waals surface area contributed by atoms with Crippen molar-refractivity contribution >= 4 is 29.5 Å². The van der Waals surface area contributed by atoms with Crippen molar-refractivity contribution in [2.75, 3.05) is 50.8 Å². The van der Waals surface area contributed by atoms with E-state index in [1.54, 1.807) is 11.8 Å². The maximum atomic E-state index is 12.9. The number of hydrogen-bond acceptors (Lipinski definition) is 5. The molecule has 7 nitrogen and oxygen atoms in total. The number of allylic oxidation sites excluding steroid dienone is 5. The number of nitrogens with one attached hydrogen (secondary N) is 1. The molecule has 0 unspecified atom stereocenters. The zero-order valence-electron chi connectivity index (χ0n) is 24.1. The van der Waals surface area contributed by atoms with E-state index >= 15 is 0 Å². The molecule has 2 aliphatic heterocycles. The van der Waals surface area contributed by atoms with E-state index in [0.29, 0.717) is 51.0 Å². The van der Waals surface area contributed by atoms with Crippen LogP contribution in [0.4, 0.5) is 0 Å². The van der Waals surface area contributed by atoms with E-state index in [1.807, 2.05) is 70.1 Å². The van der Waals surface area contributed by atoms with E-state index in [-0.39, 0.29) is 17.7 Å². The molecule has 1 saturated heterocycles. The highest BCUT2D eigenvalue weighted by Crippen LogP contribution is 2.25. The van der Waals surface area contributed by atoms with Gasteiger partial charge in [0, 0.05) is 75.3 Å². The lowest BCUT2D eigenvalue weighted by Gasteiger charge is -2.26. The summed E-state index contributed by atoms with van der Waals surface area (Å²) in [4.78, 5) is 44.0. The van der Waals surface area contributed by atoms with Crippen LogP contribution in [0.5, 0.6) is 0 Å². The largest absolute Gasteiger partial charge is 0.341 e. The zero-order chi connectivity index (χ0) is 29.0. The Kier molecular flexibility index (Phi) is 11.6. The van der Waals surface area contributed by atoms with Gasteiger partial charge in [-0.3, -0.25) is 14.4 Å². The second-order valence-electron chi connectivity index (χ2n) is 10.6. The molecule has 0 aromatic heterocycles. The van der Waals surface area contributed by atoms with Gasteiger partial charge >= 0.3 is 0 Å². The highest BCUT2D eigenvalue weighted by Gasteiger charge is 2.21. The van der Waals surface area contributed by atoms with Crippen LogP contribution in [-0.4, -0.2) is 83.2 Å². The Morgan fingerprint density at radius 1 is 1.05 bits per heavy atom. The van der Waals surface area contributed by atoms with Crippen LogP contribution in [0.2, 0.25) is 0 Å². The molecule has 1 aromatic rings. The van der Waals surface area contributed by atoms with Crippen molar-refractivity contribution in [3.05, 3.63) is 95.3 Å². The first-order valence-electron chi connectivity index (χ1n) is 14.5. The third-order valence-corrected chi connectivity index (χ3v) is 8.47. The van der Waals surface area contributed by atoms with Crippen molar-refractivity contribution in [1.82, 2.24) is 20.0 Å². The summed E-state index contributed by atoms with van der Waals surface area (Å²) in [7, 11) is 0. The van der Waals surface area contributed by atoms with Crippen molar-refractivity contribution < 1.29 is 14.4 Å². The number of amides is 3.